The average Bonchev–Trinajstić information content (AvgIpc) is 2.71. The highest BCUT2D eigenvalue weighted by Crippen LogP contribution is 2.36. The molecule has 1 fully saturated rings. The number of hydrogen-bond acceptors (Lipinski definition) is 3. The fourth-order valence-corrected chi connectivity index (χ4v) is 5.14. The van der Waals surface area contributed by atoms with E-state index in [1.165, 1.54) is 5.57 Å². The van der Waals surface area contributed by atoms with Crippen LogP contribution in [0.5, 0.6) is 0 Å². The summed E-state index contributed by atoms with van der Waals surface area (Å²) in [6.45, 7) is 11.4. The fraction of sp³-hybridized carbons (Fsp3) is 0.538. The number of carbonyl (C=O) groups is 2. The molecule has 1 aromatic carbocycles. The second kappa shape index (κ2) is 9.82. The molecule has 6 heteroatoms. The van der Waals surface area contributed by atoms with E-state index in [1.807, 2.05) is 43.9 Å². The molecule has 0 radical (unpaired) electrons. The number of piperidine rings is 1. The Morgan fingerprint density at radius 3 is 2.38 bits per heavy atom. The summed E-state index contributed by atoms with van der Waals surface area (Å²) in [6, 6.07) is 10.0. The standard InChI is InChI=1S/C26H35BrN2O3/c1-19-11-12-22(26(5,27)17-19)29(18-20-9-7-6-8-10-20)23(30)21-13-15-28(16-14-21)24(31)32-25(2,3)4/h6-12,17,21-22H,13-16,18H2,1-5H3. The number of likely N-dealkylation sites (tertiary alicyclic amines) is 1. The van der Waals surface area contributed by atoms with Crippen molar-refractivity contribution in [3.8, 4) is 0 Å². The van der Waals surface area contributed by atoms with Gasteiger partial charge in [-0.25, -0.2) is 4.79 Å². The van der Waals surface area contributed by atoms with Crippen molar-refractivity contribution in [1.82, 2.24) is 9.80 Å². The normalized spacial score (nSPS) is 24.1. The molecule has 2 aliphatic rings. The van der Waals surface area contributed by atoms with E-state index < -0.39 is 5.60 Å². The summed E-state index contributed by atoms with van der Waals surface area (Å²) in [4.78, 5) is 29.9. The lowest BCUT2D eigenvalue weighted by Gasteiger charge is -2.42. The summed E-state index contributed by atoms with van der Waals surface area (Å²) in [5.74, 6) is 0.0343. The van der Waals surface area contributed by atoms with Crippen molar-refractivity contribution >= 4 is 27.9 Å². The first-order valence-corrected chi connectivity index (χ1v) is 12.1. The number of ether oxygens (including phenoxy) is 1. The zero-order chi connectivity index (χ0) is 23.5. The van der Waals surface area contributed by atoms with Crippen LogP contribution >= 0.6 is 15.9 Å². The highest BCUT2D eigenvalue weighted by Gasteiger charge is 2.40. The Bertz CT molecular complexity index is 878. The molecule has 0 saturated carbocycles. The SMILES string of the molecule is CC1=CC(C)(Br)C(N(Cc2ccccc2)C(=O)C2CCN(C(=O)OC(C)(C)C)CC2)C=C1. The molecule has 0 spiro atoms. The number of allylic oxidation sites excluding steroid dienone is 2. The van der Waals surface area contributed by atoms with E-state index in [0.717, 1.165) is 5.56 Å². The number of halogens is 1. The van der Waals surface area contributed by atoms with Gasteiger partial charge in [0, 0.05) is 25.6 Å². The second-order valence-electron chi connectivity index (χ2n) is 10.0. The van der Waals surface area contributed by atoms with Gasteiger partial charge in [0.15, 0.2) is 0 Å². The fourth-order valence-electron chi connectivity index (χ4n) is 4.38. The van der Waals surface area contributed by atoms with Crippen molar-refractivity contribution < 1.29 is 14.3 Å². The van der Waals surface area contributed by atoms with Crippen LogP contribution in [0.4, 0.5) is 4.79 Å². The number of hydrogen-bond donors (Lipinski definition) is 0. The summed E-state index contributed by atoms with van der Waals surface area (Å²) in [5, 5.41) is 0. The number of amides is 2. The first kappa shape index (κ1) is 24.6. The minimum atomic E-state index is -0.518. The monoisotopic (exact) mass is 502 g/mol. The van der Waals surface area contributed by atoms with Crippen LogP contribution in [-0.2, 0) is 16.1 Å². The predicted molar refractivity (Wildman–Crippen MR) is 132 cm³/mol. The van der Waals surface area contributed by atoms with Crippen LogP contribution in [0.15, 0.2) is 54.1 Å². The van der Waals surface area contributed by atoms with Crippen LogP contribution in [0.3, 0.4) is 0 Å². The smallest absolute Gasteiger partial charge is 0.410 e. The number of benzene rings is 1. The Morgan fingerprint density at radius 2 is 1.81 bits per heavy atom. The molecule has 2 atom stereocenters. The molecule has 2 unspecified atom stereocenters. The van der Waals surface area contributed by atoms with Gasteiger partial charge in [0.2, 0.25) is 5.91 Å². The minimum absolute atomic E-state index is 0.0946. The molecule has 0 N–H and O–H groups in total. The van der Waals surface area contributed by atoms with Crippen molar-refractivity contribution in [2.24, 2.45) is 5.92 Å². The summed E-state index contributed by atoms with van der Waals surface area (Å²) < 4.78 is 5.16. The van der Waals surface area contributed by atoms with Gasteiger partial charge in [-0.15, -0.1) is 0 Å². The van der Waals surface area contributed by atoms with Gasteiger partial charge >= 0.3 is 6.09 Å². The molecule has 1 aromatic rings. The first-order chi connectivity index (χ1) is 15.0. The van der Waals surface area contributed by atoms with Gasteiger partial charge in [-0.1, -0.05) is 70.1 Å². The van der Waals surface area contributed by atoms with Gasteiger partial charge in [0.05, 0.1) is 10.4 Å². The molecule has 3 rings (SSSR count). The molecular weight excluding hydrogens is 468 g/mol. The Morgan fingerprint density at radius 1 is 1.19 bits per heavy atom. The molecule has 1 aliphatic heterocycles. The highest BCUT2D eigenvalue weighted by atomic mass is 79.9. The maximum absolute atomic E-state index is 13.8. The lowest BCUT2D eigenvalue weighted by Crippen LogP contribution is -2.52. The van der Waals surface area contributed by atoms with Crippen molar-refractivity contribution in [3.63, 3.8) is 0 Å². The second-order valence-corrected chi connectivity index (χ2v) is 11.7. The van der Waals surface area contributed by atoms with Gasteiger partial charge in [-0.3, -0.25) is 4.79 Å². The van der Waals surface area contributed by atoms with Crippen molar-refractivity contribution in [2.45, 2.75) is 70.0 Å². The van der Waals surface area contributed by atoms with E-state index in [-0.39, 0.29) is 28.3 Å². The van der Waals surface area contributed by atoms with E-state index in [9.17, 15) is 9.59 Å². The van der Waals surface area contributed by atoms with Gasteiger partial charge in [-0.2, -0.15) is 0 Å². The summed E-state index contributed by atoms with van der Waals surface area (Å²) in [6.07, 6.45) is 7.38. The molecule has 0 bridgehead atoms. The number of rotatable bonds is 4. The van der Waals surface area contributed by atoms with Crippen molar-refractivity contribution in [2.75, 3.05) is 13.1 Å². The number of carbonyl (C=O) groups excluding carboxylic acids is 2. The van der Waals surface area contributed by atoms with Crippen molar-refractivity contribution in [3.05, 3.63) is 59.7 Å². The molecule has 1 aliphatic carbocycles. The highest BCUT2D eigenvalue weighted by molar-refractivity contribution is 9.10. The molecule has 0 aromatic heterocycles. The predicted octanol–water partition coefficient (Wildman–Crippen LogP) is 5.70. The molecule has 1 saturated heterocycles. The van der Waals surface area contributed by atoms with Crippen LogP contribution < -0.4 is 0 Å². The Balaban J connectivity index is 1.75. The first-order valence-electron chi connectivity index (χ1n) is 11.4. The average molecular weight is 503 g/mol. The van der Waals surface area contributed by atoms with Crippen LogP contribution in [0.25, 0.3) is 0 Å². The Labute approximate surface area is 200 Å². The quantitative estimate of drug-likeness (QED) is 0.496. The largest absolute Gasteiger partial charge is 0.444 e. The van der Waals surface area contributed by atoms with E-state index in [1.54, 1.807) is 4.90 Å². The minimum Gasteiger partial charge on any atom is -0.444 e. The van der Waals surface area contributed by atoms with Gasteiger partial charge in [0.1, 0.15) is 5.60 Å². The summed E-state index contributed by atoms with van der Waals surface area (Å²) in [5.41, 5.74) is 1.77. The van der Waals surface area contributed by atoms with E-state index in [0.29, 0.717) is 32.5 Å². The van der Waals surface area contributed by atoms with Crippen LogP contribution in [-0.4, -0.2) is 50.9 Å². The third-order valence-electron chi connectivity index (χ3n) is 5.94. The summed E-state index contributed by atoms with van der Waals surface area (Å²) >= 11 is 3.87. The van der Waals surface area contributed by atoms with Gasteiger partial charge in [-0.05, 0) is 53.0 Å². The topological polar surface area (TPSA) is 49.9 Å². The molecule has 5 nitrogen and oxygen atoms in total. The van der Waals surface area contributed by atoms with Gasteiger partial charge < -0.3 is 14.5 Å². The molecule has 32 heavy (non-hydrogen) atoms. The zero-order valence-electron chi connectivity index (χ0n) is 19.8. The number of nitrogens with zero attached hydrogens (tertiary/aromatic N) is 2. The van der Waals surface area contributed by atoms with Crippen LogP contribution in [0.1, 0.15) is 53.0 Å². The maximum atomic E-state index is 13.8. The lowest BCUT2D eigenvalue weighted by atomic mass is 9.89. The third kappa shape index (κ3) is 6.25. The lowest BCUT2D eigenvalue weighted by molar-refractivity contribution is -0.139. The molecule has 2 amide bonds. The van der Waals surface area contributed by atoms with E-state index in [4.69, 9.17) is 4.74 Å². The maximum Gasteiger partial charge on any atom is 0.410 e. The van der Waals surface area contributed by atoms with Crippen LogP contribution in [0, 0.1) is 5.92 Å². The zero-order valence-corrected chi connectivity index (χ0v) is 21.4. The van der Waals surface area contributed by atoms with E-state index >= 15 is 0 Å². The third-order valence-corrected chi connectivity index (χ3v) is 6.64. The molecule has 1 heterocycles. The van der Waals surface area contributed by atoms with Crippen molar-refractivity contribution in [1.29, 1.82) is 0 Å². The van der Waals surface area contributed by atoms with E-state index in [2.05, 4.69) is 60.1 Å². The van der Waals surface area contributed by atoms with Gasteiger partial charge in [0.25, 0.3) is 0 Å². The Kier molecular flexibility index (Phi) is 7.53. The molecular formula is C26H35BrN2O3. The number of alkyl halides is 1. The molecule has 174 valence electrons. The summed E-state index contributed by atoms with van der Waals surface area (Å²) in [7, 11) is 0. The Hall–Kier alpha value is -2.08. The van der Waals surface area contributed by atoms with Crippen LogP contribution in [0.2, 0.25) is 0 Å².